The molecule has 0 atom stereocenters. The van der Waals surface area contributed by atoms with Gasteiger partial charge in [-0.3, -0.25) is 4.98 Å². The number of H-pyrrole nitrogens is 1. The highest BCUT2D eigenvalue weighted by Gasteiger charge is 2.01. The van der Waals surface area contributed by atoms with Crippen LogP contribution >= 0.6 is 0 Å². The van der Waals surface area contributed by atoms with Crippen LogP contribution in [0.25, 0.3) is 11.1 Å². The lowest BCUT2D eigenvalue weighted by Gasteiger charge is -2.03. The lowest BCUT2D eigenvalue weighted by atomic mass is 10.2. The van der Waals surface area contributed by atoms with E-state index in [1.165, 1.54) is 0 Å². The molecule has 0 amide bonds. The van der Waals surface area contributed by atoms with Crippen LogP contribution in [0.5, 0.6) is 0 Å². The third-order valence-electron chi connectivity index (χ3n) is 2.37. The molecule has 86 valence electrons. The third kappa shape index (κ3) is 2.50. The van der Waals surface area contributed by atoms with Crippen molar-refractivity contribution in [1.82, 2.24) is 10.3 Å². The molecule has 0 aliphatic rings. The van der Waals surface area contributed by atoms with E-state index in [1.54, 1.807) is 0 Å². The van der Waals surface area contributed by atoms with Crippen LogP contribution in [-0.2, 0) is 6.54 Å². The SMILES string of the molecule is NCCCNCc1ccc2[nH]c(=O)oc2c1. The number of rotatable bonds is 5. The van der Waals surface area contributed by atoms with Gasteiger partial charge < -0.3 is 15.5 Å². The molecule has 0 aliphatic heterocycles. The molecular weight excluding hydrogens is 206 g/mol. The van der Waals surface area contributed by atoms with E-state index < -0.39 is 5.76 Å². The molecule has 2 aromatic rings. The molecule has 4 N–H and O–H groups in total. The van der Waals surface area contributed by atoms with Crippen LogP contribution in [0.3, 0.4) is 0 Å². The standard InChI is InChI=1S/C11H15N3O2/c12-4-1-5-13-7-8-2-3-9-10(6-8)16-11(15)14-9/h2-3,6,13H,1,4-5,7,12H2,(H,14,15). The maximum absolute atomic E-state index is 10.9. The Bertz CT molecular complexity index is 515. The predicted molar refractivity (Wildman–Crippen MR) is 62.2 cm³/mol. The second kappa shape index (κ2) is 4.96. The van der Waals surface area contributed by atoms with Crippen LogP contribution in [0.4, 0.5) is 0 Å². The number of hydrogen-bond acceptors (Lipinski definition) is 4. The van der Waals surface area contributed by atoms with Gasteiger partial charge in [-0.25, -0.2) is 4.79 Å². The highest BCUT2D eigenvalue weighted by Crippen LogP contribution is 2.11. The first-order chi connectivity index (χ1) is 7.79. The minimum absolute atomic E-state index is 0.414. The Morgan fingerprint density at radius 1 is 1.44 bits per heavy atom. The molecule has 0 aliphatic carbocycles. The Morgan fingerprint density at radius 2 is 2.31 bits per heavy atom. The summed E-state index contributed by atoms with van der Waals surface area (Å²) in [5.41, 5.74) is 7.81. The first kappa shape index (κ1) is 10.9. The van der Waals surface area contributed by atoms with Gasteiger partial charge in [-0.2, -0.15) is 0 Å². The number of nitrogens with one attached hydrogen (secondary N) is 2. The first-order valence-corrected chi connectivity index (χ1v) is 5.32. The first-order valence-electron chi connectivity index (χ1n) is 5.32. The van der Waals surface area contributed by atoms with Crippen molar-refractivity contribution in [1.29, 1.82) is 0 Å². The fraction of sp³-hybridized carbons (Fsp3) is 0.364. The lowest BCUT2D eigenvalue weighted by Crippen LogP contribution is -2.17. The summed E-state index contributed by atoms with van der Waals surface area (Å²) in [6, 6.07) is 5.67. The highest BCUT2D eigenvalue weighted by molar-refractivity contribution is 5.72. The number of oxazole rings is 1. The molecular formula is C11H15N3O2. The number of nitrogens with two attached hydrogens (primary N) is 1. The van der Waals surface area contributed by atoms with E-state index in [9.17, 15) is 4.79 Å². The molecule has 0 unspecified atom stereocenters. The second-order valence-electron chi connectivity index (χ2n) is 3.66. The predicted octanol–water partition coefficient (Wildman–Crippen LogP) is 0.559. The average Bonchev–Trinajstić information content (AvgIpc) is 2.64. The van der Waals surface area contributed by atoms with Gasteiger partial charge in [-0.1, -0.05) is 6.07 Å². The molecule has 0 saturated heterocycles. The highest BCUT2D eigenvalue weighted by atomic mass is 16.4. The van der Waals surface area contributed by atoms with Crippen molar-refractivity contribution in [3.8, 4) is 0 Å². The Hall–Kier alpha value is -1.59. The van der Waals surface area contributed by atoms with E-state index in [-0.39, 0.29) is 0 Å². The zero-order chi connectivity index (χ0) is 11.4. The van der Waals surface area contributed by atoms with Crippen molar-refractivity contribution in [2.24, 2.45) is 5.73 Å². The van der Waals surface area contributed by atoms with E-state index >= 15 is 0 Å². The van der Waals surface area contributed by atoms with Crippen molar-refractivity contribution >= 4 is 11.1 Å². The lowest BCUT2D eigenvalue weighted by molar-refractivity contribution is 0.554. The van der Waals surface area contributed by atoms with Gasteiger partial charge in [0.1, 0.15) is 0 Å². The zero-order valence-electron chi connectivity index (χ0n) is 8.95. The Morgan fingerprint density at radius 3 is 3.12 bits per heavy atom. The maximum atomic E-state index is 10.9. The number of aromatic nitrogens is 1. The van der Waals surface area contributed by atoms with Gasteiger partial charge in [0.25, 0.3) is 0 Å². The summed E-state index contributed by atoms with van der Waals surface area (Å²) in [5.74, 6) is -0.414. The van der Waals surface area contributed by atoms with Crippen LogP contribution in [0.15, 0.2) is 27.4 Å². The van der Waals surface area contributed by atoms with Crippen molar-refractivity contribution in [2.45, 2.75) is 13.0 Å². The fourth-order valence-electron chi connectivity index (χ4n) is 1.56. The quantitative estimate of drug-likeness (QED) is 0.644. The van der Waals surface area contributed by atoms with E-state index in [0.29, 0.717) is 12.1 Å². The Kier molecular flexibility index (Phi) is 3.38. The van der Waals surface area contributed by atoms with E-state index in [4.69, 9.17) is 10.2 Å². The largest absolute Gasteiger partial charge is 0.417 e. The van der Waals surface area contributed by atoms with Crippen LogP contribution in [0, 0.1) is 0 Å². The molecule has 0 radical (unpaired) electrons. The summed E-state index contributed by atoms with van der Waals surface area (Å²) in [6.45, 7) is 2.34. The molecule has 0 fully saturated rings. The number of aromatic amines is 1. The Balaban J connectivity index is 2.04. The molecule has 1 heterocycles. The van der Waals surface area contributed by atoms with Gasteiger partial charge >= 0.3 is 5.76 Å². The maximum Gasteiger partial charge on any atom is 0.417 e. The van der Waals surface area contributed by atoms with Crippen molar-refractivity contribution in [2.75, 3.05) is 13.1 Å². The van der Waals surface area contributed by atoms with Gasteiger partial charge in [0.05, 0.1) is 5.52 Å². The molecule has 16 heavy (non-hydrogen) atoms. The molecule has 0 saturated carbocycles. The summed E-state index contributed by atoms with van der Waals surface area (Å²) in [6.07, 6.45) is 0.960. The average molecular weight is 221 g/mol. The minimum Gasteiger partial charge on any atom is -0.408 e. The number of benzene rings is 1. The molecule has 0 bridgehead atoms. The Labute approximate surface area is 92.6 Å². The fourth-order valence-corrected chi connectivity index (χ4v) is 1.56. The molecule has 5 heteroatoms. The second-order valence-corrected chi connectivity index (χ2v) is 3.66. The van der Waals surface area contributed by atoms with Gasteiger partial charge in [0.2, 0.25) is 0 Å². The van der Waals surface area contributed by atoms with Crippen molar-refractivity contribution in [3.05, 3.63) is 34.3 Å². The summed E-state index contributed by atoms with van der Waals surface area (Å²) in [4.78, 5) is 13.6. The molecule has 5 nitrogen and oxygen atoms in total. The topological polar surface area (TPSA) is 84.0 Å². The van der Waals surface area contributed by atoms with Gasteiger partial charge in [0, 0.05) is 6.54 Å². The van der Waals surface area contributed by atoms with Gasteiger partial charge in [-0.15, -0.1) is 0 Å². The van der Waals surface area contributed by atoms with E-state index in [0.717, 1.165) is 30.6 Å². The summed E-state index contributed by atoms with van der Waals surface area (Å²) < 4.78 is 4.98. The summed E-state index contributed by atoms with van der Waals surface area (Å²) in [5, 5.41) is 3.26. The summed E-state index contributed by atoms with van der Waals surface area (Å²) >= 11 is 0. The van der Waals surface area contributed by atoms with Gasteiger partial charge in [-0.05, 0) is 37.2 Å². The molecule has 1 aromatic carbocycles. The van der Waals surface area contributed by atoms with Crippen LogP contribution < -0.4 is 16.8 Å². The van der Waals surface area contributed by atoms with E-state index in [2.05, 4.69) is 10.3 Å². The monoisotopic (exact) mass is 221 g/mol. The van der Waals surface area contributed by atoms with Crippen molar-refractivity contribution < 1.29 is 4.42 Å². The molecule has 2 rings (SSSR count). The number of hydrogen-bond donors (Lipinski definition) is 3. The zero-order valence-corrected chi connectivity index (χ0v) is 8.95. The number of fused-ring (bicyclic) bond motifs is 1. The van der Waals surface area contributed by atoms with Crippen LogP contribution in [-0.4, -0.2) is 18.1 Å². The summed E-state index contributed by atoms with van der Waals surface area (Å²) in [7, 11) is 0. The molecule has 1 aromatic heterocycles. The molecule has 0 spiro atoms. The third-order valence-corrected chi connectivity index (χ3v) is 2.37. The van der Waals surface area contributed by atoms with Crippen LogP contribution in [0.2, 0.25) is 0 Å². The van der Waals surface area contributed by atoms with Gasteiger partial charge in [0.15, 0.2) is 5.58 Å². The normalized spacial score (nSPS) is 11.1. The van der Waals surface area contributed by atoms with Crippen LogP contribution in [0.1, 0.15) is 12.0 Å². The smallest absolute Gasteiger partial charge is 0.408 e. The van der Waals surface area contributed by atoms with E-state index in [1.807, 2.05) is 18.2 Å². The minimum atomic E-state index is -0.414. The van der Waals surface area contributed by atoms with Crippen molar-refractivity contribution in [3.63, 3.8) is 0 Å².